The van der Waals surface area contributed by atoms with Crippen LogP contribution in [0.1, 0.15) is 34.9 Å². The number of aryl methyl sites for hydroxylation is 1. The van der Waals surface area contributed by atoms with Gasteiger partial charge >= 0.3 is 5.51 Å². The van der Waals surface area contributed by atoms with E-state index >= 15 is 0 Å². The highest BCUT2D eigenvalue weighted by atomic mass is 32.2. The number of nitrogens with zero attached hydrogens (tertiary/aromatic N) is 3. The average molecular weight is 385 g/mol. The number of anilines is 1. The quantitative estimate of drug-likeness (QED) is 0.791. The van der Waals surface area contributed by atoms with Gasteiger partial charge in [0, 0.05) is 23.4 Å². The van der Waals surface area contributed by atoms with Crippen molar-refractivity contribution in [1.82, 2.24) is 20.1 Å². The smallest absolute Gasteiger partial charge is 0.317 e. The molecular formula is C16H18F3N5OS. The van der Waals surface area contributed by atoms with Gasteiger partial charge in [0.1, 0.15) is 0 Å². The van der Waals surface area contributed by atoms with E-state index in [0.717, 1.165) is 25.9 Å². The third kappa shape index (κ3) is 4.76. The van der Waals surface area contributed by atoms with Gasteiger partial charge in [-0.05, 0) is 62.0 Å². The summed E-state index contributed by atoms with van der Waals surface area (Å²) < 4.78 is 38.6. The molecular weight excluding hydrogens is 367 g/mol. The number of alkyl halides is 3. The molecule has 0 atom stereocenters. The number of thioether (sulfide) groups is 1. The van der Waals surface area contributed by atoms with E-state index in [9.17, 15) is 18.0 Å². The first-order valence-electron chi connectivity index (χ1n) is 8.10. The number of hydrogen-bond donors (Lipinski definition) is 2. The summed E-state index contributed by atoms with van der Waals surface area (Å²) in [4.78, 5) is 16.7. The van der Waals surface area contributed by atoms with Crippen LogP contribution in [0.2, 0.25) is 0 Å². The maximum atomic E-state index is 12.3. The summed E-state index contributed by atoms with van der Waals surface area (Å²) >= 11 is -0.217. The van der Waals surface area contributed by atoms with Crippen molar-refractivity contribution in [2.24, 2.45) is 7.05 Å². The van der Waals surface area contributed by atoms with Crippen molar-refractivity contribution in [2.75, 3.05) is 18.4 Å². The second-order valence-corrected chi connectivity index (χ2v) is 7.11. The van der Waals surface area contributed by atoms with E-state index in [2.05, 4.69) is 20.7 Å². The maximum absolute atomic E-state index is 12.3. The second-order valence-electron chi connectivity index (χ2n) is 5.97. The van der Waals surface area contributed by atoms with Gasteiger partial charge in [-0.3, -0.25) is 10.1 Å². The average Bonchev–Trinajstić information content (AvgIpc) is 2.95. The van der Waals surface area contributed by atoms with Crippen LogP contribution in [0.4, 0.5) is 19.1 Å². The van der Waals surface area contributed by atoms with E-state index in [4.69, 9.17) is 0 Å². The molecule has 2 heterocycles. The fourth-order valence-corrected chi connectivity index (χ4v) is 3.29. The fraction of sp³-hybridized carbons (Fsp3) is 0.438. The van der Waals surface area contributed by atoms with E-state index < -0.39 is 11.4 Å². The van der Waals surface area contributed by atoms with Crippen molar-refractivity contribution in [1.29, 1.82) is 0 Å². The van der Waals surface area contributed by atoms with E-state index in [0.29, 0.717) is 11.8 Å². The molecule has 10 heteroatoms. The second kappa shape index (κ2) is 7.67. The molecule has 26 heavy (non-hydrogen) atoms. The molecule has 1 aromatic heterocycles. The number of hydrogen-bond acceptors (Lipinski definition) is 5. The number of aromatic nitrogens is 3. The predicted molar refractivity (Wildman–Crippen MR) is 92.2 cm³/mol. The van der Waals surface area contributed by atoms with Crippen LogP contribution >= 0.6 is 11.8 Å². The molecule has 0 saturated carbocycles. The Morgan fingerprint density at radius 3 is 2.54 bits per heavy atom. The molecule has 1 aliphatic rings. The van der Waals surface area contributed by atoms with E-state index in [1.807, 2.05) is 0 Å². The zero-order chi connectivity index (χ0) is 18.7. The molecule has 3 rings (SSSR count). The van der Waals surface area contributed by atoms with Crippen LogP contribution in [0.15, 0.2) is 29.2 Å². The Bertz CT molecular complexity index is 769. The van der Waals surface area contributed by atoms with Gasteiger partial charge in [-0.1, -0.05) is 0 Å². The van der Waals surface area contributed by atoms with Crippen LogP contribution in [0.25, 0.3) is 0 Å². The number of halogens is 3. The number of carbonyl (C=O) groups excluding carboxylic acids is 1. The molecule has 0 spiro atoms. The molecule has 1 fully saturated rings. The van der Waals surface area contributed by atoms with Crippen LogP contribution < -0.4 is 10.6 Å². The molecule has 1 amide bonds. The first kappa shape index (κ1) is 18.7. The fourth-order valence-electron chi connectivity index (χ4n) is 2.75. The third-order valence-corrected chi connectivity index (χ3v) is 4.80. The Morgan fingerprint density at radius 1 is 1.27 bits per heavy atom. The standard InChI is InChI=1S/C16H18F3N5OS/c1-24-15(21-13(23-24)10-6-8-20-9-7-10)22-14(25)11-2-4-12(5-3-11)26-16(17,18)19/h2-5,10,20H,6-9H2,1H3,(H,21,22,23,25). The summed E-state index contributed by atoms with van der Waals surface area (Å²) in [5.74, 6) is 0.825. The Kier molecular flexibility index (Phi) is 5.52. The summed E-state index contributed by atoms with van der Waals surface area (Å²) in [6, 6.07) is 5.25. The topological polar surface area (TPSA) is 71.8 Å². The van der Waals surface area contributed by atoms with Gasteiger partial charge in [0.05, 0.1) is 0 Å². The van der Waals surface area contributed by atoms with Gasteiger partial charge < -0.3 is 5.32 Å². The van der Waals surface area contributed by atoms with Crippen molar-refractivity contribution in [3.8, 4) is 0 Å². The van der Waals surface area contributed by atoms with Crippen molar-refractivity contribution in [2.45, 2.75) is 29.2 Å². The molecule has 0 radical (unpaired) electrons. The zero-order valence-electron chi connectivity index (χ0n) is 14.0. The van der Waals surface area contributed by atoms with Crippen molar-refractivity contribution in [3.05, 3.63) is 35.7 Å². The predicted octanol–water partition coefficient (Wildman–Crippen LogP) is 3.15. The van der Waals surface area contributed by atoms with Crippen LogP contribution in [0.3, 0.4) is 0 Å². The van der Waals surface area contributed by atoms with E-state index in [-0.39, 0.29) is 28.1 Å². The first-order valence-corrected chi connectivity index (χ1v) is 8.92. The zero-order valence-corrected chi connectivity index (χ0v) is 14.8. The normalized spacial score (nSPS) is 15.8. The lowest BCUT2D eigenvalue weighted by Crippen LogP contribution is -2.27. The van der Waals surface area contributed by atoms with Crippen LogP contribution in [0, 0.1) is 0 Å². The molecule has 2 N–H and O–H groups in total. The van der Waals surface area contributed by atoms with Gasteiger partial charge in [-0.15, -0.1) is 0 Å². The summed E-state index contributed by atoms with van der Waals surface area (Å²) in [7, 11) is 1.69. The maximum Gasteiger partial charge on any atom is 0.446 e. The molecule has 1 aromatic carbocycles. The highest BCUT2D eigenvalue weighted by molar-refractivity contribution is 8.00. The number of rotatable bonds is 4. The Balaban J connectivity index is 1.67. The monoisotopic (exact) mass is 385 g/mol. The van der Waals surface area contributed by atoms with Gasteiger partial charge in [-0.25, -0.2) is 4.68 Å². The number of nitrogens with one attached hydrogen (secondary N) is 2. The minimum absolute atomic E-state index is 0.0286. The van der Waals surface area contributed by atoms with Crippen molar-refractivity contribution < 1.29 is 18.0 Å². The summed E-state index contributed by atoms with van der Waals surface area (Å²) in [5.41, 5.74) is -4.10. The minimum atomic E-state index is -4.35. The minimum Gasteiger partial charge on any atom is -0.317 e. The largest absolute Gasteiger partial charge is 0.446 e. The van der Waals surface area contributed by atoms with Crippen molar-refractivity contribution in [3.63, 3.8) is 0 Å². The first-order chi connectivity index (χ1) is 12.3. The molecule has 2 aromatic rings. The lowest BCUT2D eigenvalue weighted by molar-refractivity contribution is -0.0328. The summed E-state index contributed by atoms with van der Waals surface area (Å²) in [6.07, 6.45) is 1.88. The summed E-state index contributed by atoms with van der Waals surface area (Å²) in [6.45, 7) is 1.82. The van der Waals surface area contributed by atoms with E-state index in [1.54, 1.807) is 7.05 Å². The SMILES string of the molecule is Cn1nc(C2CCNCC2)nc1NC(=O)c1ccc(SC(F)(F)F)cc1. The lowest BCUT2D eigenvalue weighted by atomic mass is 9.98. The van der Waals surface area contributed by atoms with Crippen molar-refractivity contribution >= 4 is 23.6 Å². The van der Waals surface area contributed by atoms with Gasteiger partial charge in [-0.2, -0.15) is 23.3 Å². The highest BCUT2D eigenvalue weighted by Crippen LogP contribution is 2.36. The Labute approximate surface area is 152 Å². The van der Waals surface area contributed by atoms with Gasteiger partial charge in [0.2, 0.25) is 5.95 Å². The van der Waals surface area contributed by atoms with Gasteiger partial charge in [0.25, 0.3) is 5.91 Å². The number of amides is 1. The molecule has 1 saturated heterocycles. The van der Waals surface area contributed by atoms with Crippen LogP contribution in [-0.4, -0.2) is 39.3 Å². The van der Waals surface area contributed by atoms with Crippen LogP contribution in [0.5, 0.6) is 0 Å². The number of carbonyl (C=O) groups is 1. The Morgan fingerprint density at radius 2 is 1.92 bits per heavy atom. The molecule has 140 valence electrons. The van der Waals surface area contributed by atoms with Crippen LogP contribution in [-0.2, 0) is 7.05 Å². The van der Waals surface area contributed by atoms with E-state index in [1.165, 1.54) is 28.9 Å². The third-order valence-electron chi connectivity index (χ3n) is 4.06. The molecule has 1 aliphatic heterocycles. The van der Waals surface area contributed by atoms with Gasteiger partial charge in [0.15, 0.2) is 5.82 Å². The number of piperidine rings is 1. The number of benzene rings is 1. The lowest BCUT2D eigenvalue weighted by Gasteiger charge is -2.19. The highest BCUT2D eigenvalue weighted by Gasteiger charge is 2.29. The summed E-state index contributed by atoms with van der Waals surface area (Å²) in [5, 5.41) is 10.3. The molecule has 0 aliphatic carbocycles. The molecule has 0 unspecified atom stereocenters. The Hall–Kier alpha value is -2.07. The molecule has 6 nitrogen and oxygen atoms in total. The molecule has 0 bridgehead atoms.